The molecule has 0 bridgehead atoms. The molecule has 0 saturated heterocycles. The highest BCUT2D eigenvalue weighted by molar-refractivity contribution is 5.91. The Morgan fingerprint density at radius 2 is 1.90 bits per heavy atom. The fourth-order valence-electron chi connectivity index (χ4n) is 3.56. The van der Waals surface area contributed by atoms with Gasteiger partial charge in [-0.1, -0.05) is 36.1 Å². The van der Waals surface area contributed by atoms with Gasteiger partial charge in [-0.3, -0.25) is 4.79 Å². The average molecular weight is 420 g/mol. The zero-order valence-corrected chi connectivity index (χ0v) is 18.1. The van der Waals surface area contributed by atoms with Crippen molar-refractivity contribution >= 4 is 12.2 Å². The molecule has 1 amide bonds. The third-order valence-corrected chi connectivity index (χ3v) is 5.45. The predicted molar refractivity (Wildman–Crippen MR) is 120 cm³/mol. The molecule has 0 radical (unpaired) electrons. The number of aldehydes is 1. The summed E-state index contributed by atoms with van der Waals surface area (Å²) in [5, 5.41) is 2.84. The monoisotopic (exact) mass is 419 g/mol. The second kappa shape index (κ2) is 11.2. The summed E-state index contributed by atoms with van der Waals surface area (Å²) in [4.78, 5) is 23.1. The van der Waals surface area contributed by atoms with Crippen LogP contribution in [0.5, 0.6) is 11.5 Å². The molecular formula is C26H29NO4. The number of hydrogen-bond donors (Lipinski definition) is 1. The molecule has 0 aromatic heterocycles. The molecule has 1 fully saturated rings. The topological polar surface area (TPSA) is 64.6 Å². The maximum atomic E-state index is 12.1. The molecule has 2 aromatic rings. The molecule has 31 heavy (non-hydrogen) atoms. The predicted octanol–water partition coefficient (Wildman–Crippen LogP) is 4.10. The zero-order valence-electron chi connectivity index (χ0n) is 18.1. The van der Waals surface area contributed by atoms with Crippen LogP contribution in [0.25, 0.3) is 0 Å². The standard InChI is InChI=1S/C26H29NO4/c1-19(18-28)26(29)27-17-22(13-12-20-8-4-3-5-9-20)21-14-15-24(30-2)25(16-21)31-23-10-6-7-11-23/h3-5,8-9,14-16,18-19,22-23H,6-7,10-11,17H2,1-2H3,(H,27,29). The van der Waals surface area contributed by atoms with E-state index in [1.54, 1.807) is 14.0 Å². The first-order chi connectivity index (χ1) is 15.1. The zero-order chi connectivity index (χ0) is 22.1. The van der Waals surface area contributed by atoms with Gasteiger partial charge in [-0.25, -0.2) is 0 Å². The lowest BCUT2D eigenvalue weighted by atomic mass is 9.98. The maximum absolute atomic E-state index is 12.1. The molecule has 1 N–H and O–H groups in total. The number of hydrogen-bond acceptors (Lipinski definition) is 4. The summed E-state index contributed by atoms with van der Waals surface area (Å²) >= 11 is 0. The van der Waals surface area contributed by atoms with Crippen LogP contribution in [-0.2, 0) is 9.59 Å². The van der Waals surface area contributed by atoms with E-state index in [4.69, 9.17) is 9.47 Å². The number of carbonyl (C=O) groups excluding carboxylic acids is 2. The van der Waals surface area contributed by atoms with E-state index in [2.05, 4.69) is 17.2 Å². The van der Waals surface area contributed by atoms with E-state index < -0.39 is 5.92 Å². The molecule has 1 aliphatic carbocycles. The number of ether oxygens (including phenoxy) is 2. The number of rotatable bonds is 8. The van der Waals surface area contributed by atoms with Gasteiger partial charge in [0.05, 0.1) is 25.0 Å². The molecule has 3 rings (SSSR count). The van der Waals surface area contributed by atoms with Crippen molar-refractivity contribution in [2.24, 2.45) is 5.92 Å². The Bertz CT molecular complexity index is 939. The van der Waals surface area contributed by atoms with Gasteiger partial charge in [-0.2, -0.15) is 0 Å². The summed E-state index contributed by atoms with van der Waals surface area (Å²) in [6, 6.07) is 15.5. The van der Waals surface area contributed by atoms with Gasteiger partial charge in [0.25, 0.3) is 0 Å². The lowest BCUT2D eigenvalue weighted by Gasteiger charge is -2.19. The molecule has 1 aliphatic rings. The third-order valence-electron chi connectivity index (χ3n) is 5.45. The number of benzene rings is 2. The van der Waals surface area contributed by atoms with Crippen LogP contribution in [0.4, 0.5) is 0 Å². The quantitative estimate of drug-likeness (QED) is 0.397. The Labute approximate surface area is 184 Å². The Hall–Kier alpha value is -3.26. The number of nitrogens with one attached hydrogen (secondary N) is 1. The van der Waals surface area contributed by atoms with Crippen LogP contribution in [0.1, 0.15) is 49.7 Å². The van der Waals surface area contributed by atoms with Crippen LogP contribution in [-0.4, -0.2) is 32.0 Å². The summed E-state index contributed by atoms with van der Waals surface area (Å²) in [6.45, 7) is 1.87. The van der Waals surface area contributed by atoms with Gasteiger partial charge in [-0.15, -0.1) is 0 Å². The molecule has 0 aliphatic heterocycles. The van der Waals surface area contributed by atoms with Crippen LogP contribution >= 0.6 is 0 Å². The molecule has 1 saturated carbocycles. The van der Waals surface area contributed by atoms with Gasteiger partial charge < -0.3 is 19.6 Å². The summed E-state index contributed by atoms with van der Waals surface area (Å²) in [7, 11) is 1.63. The van der Waals surface area contributed by atoms with Gasteiger partial charge in [0, 0.05) is 12.1 Å². The lowest BCUT2D eigenvalue weighted by Crippen LogP contribution is -2.33. The van der Waals surface area contributed by atoms with Crippen LogP contribution in [0, 0.1) is 17.8 Å². The average Bonchev–Trinajstić information content (AvgIpc) is 3.32. The third kappa shape index (κ3) is 6.36. The van der Waals surface area contributed by atoms with Gasteiger partial charge in [0.1, 0.15) is 6.29 Å². The van der Waals surface area contributed by atoms with Crippen LogP contribution in [0.2, 0.25) is 0 Å². The van der Waals surface area contributed by atoms with E-state index >= 15 is 0 Å². The van der Waals surface area contributed by atoms with E-state index in [0.29, 0.717) is 24.3 Å². The van der Waals surface area contributed by atoms with Gasteiger partial charge in [0.15, 0.2) is 11.5 Å². The number of methoxy groups -OCH3 is 1. The van der Waals surface area contributed by atoms with Crippen LogP contribution < -0.4 is 14.8 Å². The Morgan fingerprint density at radius 3 is 2.58 bits per heavy atom. The van der Waals surface area contributed by atoms with Gasteiger partial charge in [0.2, 0.25) is 5.91 Å². The molecule has 0 heterocycles. The van der Waals surface area contributed by atoms with Gasteiger partial charge in [-0.05, 0) is 62.4 Å². The van der Waals surface area contributed by atoms with Gasteiger partial charge >= 0.3 is 0 Å². The smallest absolute Gasteiger partial charge is 0.230 e. The minimum atomic E-state index is -0.695. The number of carbonyl (C=O) groups is 2. The van der Waals surface area contributed by atoms with Crippen molar-refractivity contribution in [2.75, 3.05) is 13.7 Å². The fraction of sp³-hybridized carbons (Fsp3) is 0.385. The van der Waals surface area contributed by atoms with E-state index in [0.717, 1.165) is 24.0 Å². The highest BCUT2D eigenvalue weighted by Gasteiger charge is 2.21. The lowest BCUT2D eigenvalue weighted by molar-refractivity contribution is -0.128. The molecule has 5 nitrogen and oxygen atoms in total. The van der Waals surface area contributed by atoms with E-state index in [1.165, 1.54) is 12.8 Å². The van der Waals surface area contributed by atoms with Crippen molar-refractivity contribution in [3.05, 3.63) is 59.7 Å². The molecule has 2 aromatic carbocycles. The van der Waals surface area contributed by atoms with E-state index in [-0.39, 0.29) is 17.9 Å². The highest BCUT2D eigenvalue weighted by Crippen LogP contribution is 2.34. The Balaban J connectivity index is 1.87. The summed E-state index contributed by atoms with van der Waals surface area (Å²) in [5.74, 6) is 6.58. The normalized spacial score (nSPS) is 15.3. The van der Waals surface area contributed by atoms with Crippen molar-refractivity contribution in [2.45, 2.75) is 44.6 Å². The SMILES string of the molecule is COc1ccc(C(C#Cc2ccccc2)CNC(=O)C(C)C=O)cc1OC1CCCC1. The first kappa shape index (κ1) is 22.4. The highest BCUT2D eigenvalue weighted by atomic mass is 16.5. The Morgan fingerprint density at radius 1 is 1.16 bits per heavy atom. The summed E-state index contributed by atoms with van der Waals surface area (Å²) in [6.07, 6.45) is 5.29. The second-order valence-electron chi connectivity index (χ2n) is 7.79. The van der Waals surface area contributed by atoms with Crippen molar-refractivity contribution < 1.29 is 19.1 Å². The molecule has 162 valence electrons. The minimum absolute atomic E-state index is 0.200. The maximum Gasteiger partial charge on any atom is 0.230 e. The fourth-order valence-corrected chi connectivity index (χ4v) is 3.56. The van der Waals surface area contributed by atoms with Crippen molar-refractivity contribution in [3.63, 3.8) is 0 Å². The number of amides is 1. The molecule has 2 unspecified atom stereocenters. The second-order valence-corrected chi connectivity index (χ2v) is 7.79. The molecular weight excluding hydrogens is 390 g/mol. The summed E-state index contributed by atoms with van der Waals surface area (Å²) in [5.41, 5.74) is 1.83. The molecule has 5 heteroatoms. The van der Waals surface area contributed by atoms with Crippen LogP contribution in [0.15, 0.2) is 48.5 Å². The minimum Gasteiger partial charge on any atom is -0.493 e. The van der Waals surface area contributed by atoms with E-state index in [1.807, 2.05) is 48.5 Å². The molecule has 0 spiro atoms. The van der Waals surface area contributed by atoms with E-state index in [9.17, 15) is 9.59 Å². The Kier molecular flexibility index (Phi) is 8.12. The van der Waals surface area contributed by atoms with Crippen LogP contribution in [0.3, 0.4) is 0 Å². The first-order valence-corrected chi connectivity index (χ1v) is 10.7. The van der Waals surface area contributed by atoms with Crippen molar-refractivity contribution in [1.82, 2.24) is 5.32 Å². The summed E-state index contributed by atoms with van der Waals surface area (Å²) < 4.78 is 11.7. The molecule has 2 atom stereocenters. The first-order valence-electron chi connectivity index (χ1n) is 10.7. The largest absolute Gasteiger partial charge is 0.493 e. The van der Waals surface area contributed by atoms with Crippen molar-refractivity contribution in [1.29, 1.82) is 0 Å². The van der Waals surface area contributed by atoms with Crippen molar-refractivity contribution in [3.8, 4) is 23.3 Å².